The third kappa shape index (κ3) is 6.12. The van der Waals surface area contributed by atoms with Crippen LogP contribution in [0.2, 0.25) is 0 Å². The Bertz CT molecular complexity index is 1170. The van der Waals surface area contributed by atoms with Gasteiger partial charge in [0.15, 0.2) is 0 Å². The molecule has 0 unspecified atom stereocenters. The molecule has 0 atom stereocenters. The number of piperidine rings is 1. The SMILES string of the molecule is C=C(Nc1cc2cc(C(=C)S/C(C)=N\C)ccc2cn1)c1ccc(CC2CCNCC2)cc1. The normalized spacial score (nSPS) is 14.9. The minimum absolute atomic E-state index is 0.785. The number of aliphatic imine (C=N–C) groups is 1. The van der Waals surface area contributed by atoms with Gasteiger partial charge in [-0.2, -0.15) is 0 Å². The van der Waals surface area contributed by atoms with Crippen LogP contribution in [0.1, 0.15) is 36.5 Å². The molecule has 0 aliphatic carbocycles. The van der Waals surface area contributed by atoms with E-state index in [2.05, 4.69) is 82.3 Å². The molecule has 3 aromatic rings. The lowest BCUT2D eigenvalue weighted by atomic mass is 9.90. The summed E-state index contributed by atoms with van der Waals surface area (Å²) in [6, 6.07) is 17.2. The Morgan fingerprint density at radius 1 is 1.06 bits per heavy atom. The zero-order valence-electron chi connectivity index (χ0n) is 19.5. The minimum atomic E-state index is 0.785. The fourth-order valence-electron chi connectivity index (χ4n) is 4.15. The van der Waals surface area contributed by atoms with E-state index in [4.69, 9.17) is 0 Å². The van der Waals surface area contributed by atoms with Gasteiger partial charge in [-0.3, -0.25) is 4.99 Å². The average Bonchev–Trinajstić information content (AvgIpc) is 2.84. The molecule has 1 fully saturated rings. The summed E-state index contributed by atoms with van der Waals surface area (Å²) < 4.78 is 0. The molecular formula is C28H32N4S. The van der Waals surface area contributed by atoms with Crippen molar-refractivity contribution in [1.82, 2.24) is 10.3 Å². The molecule has 2 aromatic carbocycles. The molecule has 2 heterocycles. The highest BCUT2D eigenvalue weighted by Gasteiger charge is 2.13. The Morgan fingerprint density at radius 2 is 1.79 bits per heavy atom. The molecule has 0 amide bonds. The standard InChI is InChI=1S/C28H32N4S/c1-19(24-7-5-22(6-8-24)15-23-11-13-30-14-12-23)32-28-17-27-16-25(9-10-26(27)18-31-28)20(2)33-21(3)29-4/h5-10,16-18,23,30H,1-2,11-15H2,3-4H3,(H,31,32)/b29-21-. The summed E-state index contributed by atoms with van der Waals surface area (Å²) in [7, 11) is 1.80. The second-order valence-electron chi connectivity index (χ2n) is 8.60. The van der Waals surface area contributed by atoms with E-state index in [9.17, 15) is 0 Å². The quantitative estimate of drug-likeness (QED) is 0.310. The number of anilines is 1. The Balaban J connectivity index is 1.44. The molecule has 1 aromatic heterocycles. The highest BCUT2D eigenvalue weighted by Crippen LogP contribution is 2.30. The number of nitrogens with one attached hydrogen (secondary N) is 2. The van der Waals surface area contributed by atoms with Crippen LogP contribution in [0, 0.1) is 5.92 Å². The number of aromatic nitrogens is 1. The Hall–Kier alpha value is -2.89. The fourth-order valence-corrected chi connectivity index (χ4v) is 4.85. The van der Waals surface area contributed by atoms with E-state index in [1.165, 1.54) is 18.4 Å². The Morgan fingerprint density at radius 3 is 2.52 bits per heavy atom. The fraction of sp³-hybridized carbons (Fsp3) is 0.286. The number of hydrogen-bond acceptors (Lipinski definition) is 5. The third-order valence-electron chi connectivity index (χ3n) is 6.19. The van der Waals surface area contributed by atoms with Crippen LogP contribution in [0.4, 0.5) is 5.82 Å². The van der Waals surface area contributed by atoms with Crippen LogP contribution in [0.3, 0.4) is 0 Å². The van der Waals surface area contributed by atoms with Crippen molar-refractivity contribution in [3.63, 3.8) is 0 Å². The van der Waals surface area contributed by atoms with Gasteiger partial charge in [0, 0.05) is 29.2 Å². The lowest BCUT2D eigenvalue weighted by Gasteiger charge is -2.22. The van der Waals surface area contributed by atoms with Crippen LogP contribution < -0.4 is 10.6 Å². The molecule has 0 radical (unpaired) electrons. The summed E-state index contributed by atoms with van der Waals surface area (Å²) in [5.74, 6) is 1.57. The maximum Gasteiger partial charge on any atom is 0.130 e. The van der Waals surface area contributed by atoms with Crippen molar-refractivity contribution in [3.8, 4) is 0 Å². The van der Waals surface area contributed by atoms with Crippen molar-refractivity contribution in [3.05, 3.63) is 84.6 Å². The van der Waals surface area contributed by atoms with Crippen LogP contribution in [0.15, 0.2) is 72.9 Å². The maximum absolute atomic E-state index is 4.58. The van der Waals surface area contributed by atoms with Gasteiger partial charge in [0.2, 0.25) is 0 Å². The first-order valence-electron chi connectivity index (χ1n) is 11.5. The molecule has 0 spiro atoms. The highest BCUT2D eigenvalue weighted by atomic mass is 32.2. The second-order valence-corrected chi connectivity index (χ2v) is 9.89. The monoisotopic (exact) mass is 456 g/mol. The van der Waals surface area contributed by atoms with Crippen molar-refractivity contribution in [2.45, 2.75) is 26.2 Å². The second kappa shape index (κ2) is 10.8. The summed E-state index contributed by atoms with van der Waals surface area (Å²) in [4.78, 5) is 9.78. The zero-order valence-corrected chi connectivity index (χ0v) is 20.3. The molecule has 2 N–H and O–H groups in total. The van der Waals surface area contributed by atoms with E-state index >= 15 is 0 Å². The predicted octanol–water partition coefficient (Wildman–Crippen LogP) is 6.61. The number of nitrogens with zero attached hydrogens (tertiary/aromatic N) is 2. The minimum Gasteiger partial charge on any atom is -0.340 e. The average molecular weight is 457 g/mol. The van der Waals surface area contributed by atoms with Gasteiger partial charge >= 0.3 is 0 Å². The number of benzene rings is 2. The topological polar surface area (TPSA) is 49.3 Å². The first kappa shape index (κ1) is 23.3. The van der Waals surface area contributed by atoms with Gasteiger partial charge in [-0.05, 0) is 79.4 Å². The molecule has 1 saturated heterocycles. The number of thioether (sulfide) groups is 1. The molecular weight excluding hydrogens is 424 g/mol. The van der Waals surface area contributed by atoms with Crippen LogP contribution >= 0.6 is 11.8 Å². The molecule has 0 bridgehead atoms. The zero-order chi connectivity index (χ0) is 23.2. The summed E-state index contributed by atoms with van der Waals surface area (Å²) >= 11 is 1.59. The van der Waals surface area contributed by atoms with Crippen LogP contribution in [-0.4, -0.2) is 30.2 Å². The van der Waals surface area contributed by atoms with E-state index in [0.29, 0.717) is 0 Å². The van der Waals surface area contributed by atoms with Crippen molar-refractivity contribution in [2.75, 3.05) is 25.5 Å². The largest absolute Gasteiger partial charge is 0.340 e. The van der Waals surface area contributed by atoms with Crippen molar-refractivity contribution in [2.24, 2.45) is 10.9 Å². The lowest BCUT2D eigenvalue weighted by Crippen LogP contribution is -2.28. The van der Waals surface area contributed by atoms with Crippen LogP contribution in [0.5, 0.6) is 0 Å². The van der Waals surface area contributed by atoms with Crippen LogP contribution in [-0.2, 0) is 6.42 Å². The lowest BCUT2D eigenvalue weighted by molar-refractivity contribution is 0.372. The number of fused-ring (bicyclic) bond motifs is 1. The van der Waals surface area contributed by atoms with E-state index in [1.807, 2.05) is 13.1 Å². The molecule has 33 heavy (non-hydrogen) atoms. The van der Waals surface area contributed by atoms with E-state index in [1.54, 1.807) is 18.8 Å². The number of rotatable bonds is 7. The maximum atomic E-state index is 4.58. The molecule has 1 aliphatic heterocycles. The van der Waals surface area contributed by atoms with Gasteiger partial charge in [0.1, 0.15) is 5.82 Å². The van der Waals surface area contributed by atoms with Crippen molar-refractivity contribution >= 4 is 44.0 Å². The summed E-state index contributed by atoms with van der Waals surface area (Å²) in [5.41, 5.74) is 4.42. The van der Waals surface area contributed by atoms with Gasteiger partial charge in [0.25, 0.3) is 0 Å². The van der Waals surface area contributed by atoms with Crippen LogP contribution in [0.25, 0.3) is 21.4 Å². The van der Waals surface area contributed by atoms with E-state index in [0.717, 1.165) is 68.8 Å². The number of pyridine rings is 1. The predicted molar refractivity (Wildman–Crippen MR) is 146 cm³/mol. The van der Waals surface area contributed by atoms with Crippen molar-refractivity contribution in [1.29, 1.82) is 0 Å². The Labute approximate surface area is 201 Å². The van der Waals surface area contributed by atoms with Gasteiger partial charge in [-0.25, -0.2) is 4.98 Å². The molecule has 5 heteroatoms. The first-order valence-corrected chi connectivity index (χ1v) is 12.3. The molecule has 1 aliphatic rings. The van der Waals surface area contributed by atoms with Gasteiger partial charge < -0.3 is 10.6 Å². The molecule has 4 rings (SSSR count). The Kier molecular flexibility index (Phi) is 7.63. The summed E-state index contributed by atoms with van der Waals surface area (Å²) in [5, 5.41) is 10.0. The molecule has 4 nitrogen and oxygen atoms in total. The van der Waals surface area contributed by atoms with Gasteiger partial charge in [-0.1, -0.05) is 61.3 Å². The summed E-state index contributed by atoms with van der Waals surface area (Å²) in [6.45, 7) is 12.7. The van der Waals surface area contributed by atoms with Gasteiger partial charge in [0.05, 0.1) is 5.04 Å². The first-order chi connectivity index (χ1) is 16.0. The molecule has 170 valence electrons. The van der Waals surface area contributed by atoms with Crippen molar-refractivity contribution < 1.29 is 0 Å². The van der Waals surface area contributed by atoms with E-state index in [-0.39, 0.29) is 0 Å². The highest BCUT2D eigenvalue weighted by molar-refractivity contribution is 8.21. The van der Waals surface area contributed by atoms with E-state index < -0.39 is 0 Å². The smallest absolute Gasteiger partial charge is 0.130 e. The third-order valence-corrected chi connectivity index (χ3v) is 7.15. The molecule has 0 saturated carbocycles. The van der Waals surface area contributed by atoms with Gasteiger partial charge in [-0.15, -0.1) is 0 Å². The summed E-state index contributed by atoms with van der Waals surface area (Å²) in [6.07, 6.45) is 5.58. The number of hydrogen-bond donors (Lipinski definition) is 2.